The summed E-state index contributed by atoms with van der Waals surface area (Å²) in [4.78, 5) is 17.5. The van der Waals surface area contributed by atoms with Crippen molar-refractivity contribution < 1.29 is 4.79 Å². The first-order chi connectivity index (χ1) is 8.47. The van der Waals surface area contributed by atoms with E-state index in [1.165, 1.54) is 11.3 Å². The summed E-state index contributed by atoms with van der Waals surface area (Å²) in [6, 6.07) is 5.52. The van der Waals surface area contributed by atoms with E-state index in [0.29, 0.717) is 10.7 Å². The number of halogens is 1. The van der Waals surface area contributed by atoms with Crippen LogP contribution in [0.1, 0.15) is 26.5 Å². The third-order valence-electron chi connectivity index (χ3n) is 2.67. The lowest BCUT2D eigenvalue weighted by atomic mass is 10.1. The van der Waals surface area contributed by atoms with Gasteiger partial charge in [-0.2, -0.15) is 0 Å². The fourth-order valence-corrected chi connectivity index (χ4v) is 2.54. The molecular weight excluding hydrogens is 312 g/mol. The molecule has 0 spiro atoms. The molecule has 0 radical (unpaired) electrons. The molecule has 0 aliphatic carbocycles. The van der Waals surface area contributed by atoms with Gasteiger partial charge in [-0.05, 0) is 44.5 Å². The number of carbonyl (C=O) groups excluding carboxylic acids is 1. The quantitative estimate of drug-likeness (QED) is 0.904. The van der Waals surface area contributed by atoms with Gasteiger partial charge < -0.3 is 0 Å². The normalized spacial score (nSPS) is 10.4. The fraction of sp³-hybridized carbons (Fsp3) is 0.231. The summed E-state index contributed by atoms with van der Waals surface area (Å²) in [5.74, 6) is -0.126. The van der Waals surface area contributed by atoms with Crippen LogP contribution < -0.4 is 5.32 Å². The van der Waals surface area contributed by atoms with Crippen molar-refractivity contribution >= 4 is 38.3 Å². The number of anilines is 1. The first-order valence-electron chi connectivity index (χ1n) is 5.49. The van der Waals surface area contributed by atoms with Crippen molar-refractivity contribution in [3.05, 3.63) is 44.4 Å². The van der Waals surface area contributed by atoms with E-state index in [4.69, 9.17) is 0 Å². The number of aryl methyl sites for hydroxylation is 3. The number of aromatic nitrogens is 1. The van der Waals surface area contributed by atoms with Gasteiger partial charge in [0.25, 0.3) is 5.91 Å². The summed E-state index contributed by atoms with van der Waals surface area (Å²) in [7, 11) is 0. The van der Waals surface area contributed by atoms with Crippen molar-refractivity contribution in [3.8, 4) is 0 Å². The molecule has 0 bridgehead atoms. The molecule has 1 N–H and O–H groups in total. The molecule has 2 rings (SSSR count). The lowest BCUT2D eigenvalue weighted by Gasteiger charge is -2.04. The highest BCUT2D eigenvalue weighted by Crippen LogP contribution is 2.22. The molecule has 0 aliphatic heterocycles. The highest BCUT2D eigenvalue weighted by atomic mass is 79.9. The Labute approximate surface area is 118 Å². The number of nitrogens with one attached hydrogen (secondary N) is 1. The highest BCUT2D eigenvalue weighted by molar-refractivity contribution is 9.10. The van der Waals surface area contributed by atoms with Crippen molar-refractivity contribution in [1.82, 2.24) is 4.98 Å². The van der Waals surface area contributed by atoms with Gasteiger partial charge in [0.1, 0.15) is 0 Å². The molecule has 3 nitrogen and oxygen atoms in total. The summed E-state index contributed by atoms with van der Waals surface area (Å²) in [5, 5.41) is 3.47. The first kappa shape index (κ1) is 13.2. The van der Waals surface area contributed by atoms with Crippen LogP contribution in [0.5, 0.6) is 0 Å². The van der Waals surface area contributed by atoms with Crippen molar-refractivity contribution in [1.29, 1.82) is 0 Å². The molecule has 0 saturated heterocycles. The topological polar surface area (TPSA) is 42.0 Å². The maximum absolute atomic E-state index is 12.0. The van der Waals surface area contributed by atoms with E-state index in [0.717, 1.165) is 20.6 Å². The number of benzene rings is 1. The molecule has 18 heavy (non-hydrogen) atoms. The average molecular weight is 325 g/mol. The molecule has 1 heterocycles. The number of hydrogen-bond acceptors (Lipinski definition) is 3. The van der Waals surface area contributed by atoms with E-state index < -0.39 is 0 Å². The number of amides is 1. The minimum Gasteiger partial charge on any atom is -0.298 e. The van der Waals surface area contributed by atoms with E-state index >= 15 is 0 Å². The van der Waals surface area contributed by atoms with Crippen LogP contribution in [0, 0.1) is 20.8 Å². The second-order valence-electron chi connectivity index (χ2n) is 4.08. The highest BCUT2D eigenvalue weighted by Gasteiger charge is 2.10. The van der Waals surface area contributed by atoms with Crippen LogP contribution in [0.3, 0.4) is 0 Å². The molecule has 94 valence electrons. The molecule has 0 saturated carbocycles. The molecule has 1 aromatic carbocycles. The van der Waals surface area contributed by atoms with Crippen LogP contribution in [0.25, 0.3) is 0 Å². The van der Waals surface area contributed by atoms with E-state index in [2.05, 4.69) is 26.2 Å². The fourth-order valence-electron chi connectivity index (χ4n) is 1.48. The minimum absolute atomic E-state index is 0.126. The van der Waals surface area contributed by atoms with Gasteiger partial charge in [-0.3, -0.25) is 10.1 Å². The van der Waals surface area contributed by atoms with Gasteiger partial charge in [0.15, 0.2) is 5.13 Å². The van der Waals surface area contributed by atoms with E-state index in [9.17, 15) is 4.79 Å². The lowest BCUT2D eigenvalue weighted by Crippen LogP contribution is -2.11. The molecule has 0 fully saturated rings. The average Bonchev–Trinajstić information content (AvgIpc) is 2.61. The Morgan fingerprint density at radius 2 is 2.06 bits per heavy atom. The third kappa shape index (κ3) is 2.79. The van der Waals surface area contributed by atoms with Crippen LogP contribution in [-0.2, 0) is 0 Å². The molecule has 0 aliphatic rings. The smallest absolute Gasteiger partial charge is 0.257 e. The van der Waals surface area contributed by atoms with Crippen LogP contribution >= 0.6 is 27.3 Å². The molecule has 2 aromatic rings. The summed E-state index contributed by atoms with van der Waals surface area (Å²) < 4.78 is 1.000. The van der Waals surface area contributed by atoms with Gasteiger partial charge >= 0.3 is 0 Å². The minimum atomic E-state index is -0.126. The zero-order valence-corrected chi connectivity index (χ0v) is 12.8. The lowest BCUT2D eigenvalue weighted by molar-refractivity contribution is 0.102. The number of thiazole rings is 1. The van der Waals surface area contributed by atoms with Gasteiger partial charge in [-0.15, -0.1) is 11.3 Å². The van der Waals surface area contributed by atoms with Crippen molar-refractivity contribution in [2.45, 2.75) is 20.8 Å². The van der Waals surface area contributed by atoms with Crippen molar-refractivity contribution in [2.75, 3.05) is 5.32 Å². The van der Waals surface area contributed by atoms with Gasteiger partial charge in [-0.25, -0.2) is 4.98 Å². The molecule has 1 amide bonds. The molecule has 0 unspecified atom stereocenters. The van der Waals surface area contributed by atoms with Gasteiger partial charge in [0, 0.05) is 14.9 Å². The van der Waals surface area contributed by atoms with Crippen LogP contribution in [0.2, 0.25) is 0 Å². The maximum atomic E-state index is 12.0. The Morgan fingerprint density at radius 1 is 1.33 bits per heavy atom. The first-order valence-corrected chi connectivity index (χ1v) is 7.10. The molecule has 0 atom stereocenters. The predicted octanol–water partition coefficient (Wildman–Crippen LogP) is 4.08. The van der Waals surface area contributed by atoms with Crippen LogP contribution in [0.4, 0.5) is 5.13 Å². The standard InChI is InChI=1S/C13H13BrN2OS/c1-7-6-10(4-5-11(7)14)12(17)16-13-15-8(2)9(3)18-13/h4-6H,1-3H3,(H,15,16,17). The zero-order valence-electron chi connectivity index (χ0n) is 10.4. The van der Waals surface area contributed by atoms with E-state index in [1.807, 2.05) is 32.9 Å². The SMILES string of the molecule is Cc1cc(C(=O)Nc2nc(C)c(C)s2)ccc1Br. The second kappa shape index (κ2) is 5.20. The number of hydrogen-bond donors (Lipinski definition) is 1. The maximum Gasteiger partial charge on any atom is 0.257 e. The summed E-state index contributed by atoms with van der Waals surface area (Å²) in [5.41, 5.74) is 2.64. The van der Waals surface area contributed by atoms with Crippen LogP contribution in [0.15, 0.2) is 22.7 Å². The Hall–Kier alpha value is -1.20. The monoisotopic (exact) mass is 324 g/mol. The Morgan fingerprint density at radius 3 is 2.61 bits per heavy atom. The van der Waals surface area contributed by atoms with Gasteiger partial charge in [0.05, 0.1) is 5.69 Å². The molecule has 5 heteroatoms. The summed E-state index contributed by atoms with van der Waals surface area (Å²) in [6.45, 7) is 5.89. The van der Waals surface area contributed by atoms with Gasteiger partial charge in [0.2, 0.25) is 0 Å². The summed E-state index contributed by atoms with van der Waals surface area (Å²) >= 11 is 4.91. The van der Waals surface area contributed by atoms with Crippen LogP contribution in [-0.4, -0.2) is 10.9 Å². The van der Waals surface area contributed by atoms with E-state index in [-0.39, 0.29) is 5.91 Å². The largest absolute Gasteiger partial charge is 0.298 e. The van der Waals surface area contributed by atoms with Crippen molar-refractivity contribution in [3.63, 3.8) is 0 Å². The third-order valence-corrected chi connectivity index (χ3v) is 4.55. The molecule has 1 aromatic heterocycles. The van der Waals surface area contributed by atoms with Crippen molar-refractivity contribution in [2.24, 2.45) is 0 Å². The van der Waals surface area contributed by atoms with E-state index in [1.54, 1.807) is 6.07 Å². The van der Waals surface area contributed by atoms with Gasteiger partial charge in [-0.1, -0.05) is 15.9 Å². The number of rotatable bonds is 2. The number of nitrogens with zero attached hydrogens (tertiary/aromatic N) is 1. The second-order valence-corrected chi connectivity index (χ2v) is 6.14. The Bertz CT molecular complexity index is 588. The Balaban J connectivity index is 2.19. The summed E-state index contributed by atoms with van der Waals surface area (Å²) in [6.07, 6.45) is 0. The zero-order chi connectivity index (χ0) is 13.3. The Kier molecular flexibility index (Phi) is 3.82. The predicted molar refractivity (Wildman–Crippen MR) is 78.4 cm³/mol. The number of carbonyl (C=O) groups is 1. The molecular formula is C13H13BrN2OS.